The Balaban J connectivity index is 1.60. The minimum atomic E-state index is -0.573. The smallest absolute Gasteiger partial charge is 0.263 e. The lowest BCUT2D eigenvalue weighted by atomic mass is 10.0. The summed E-state index contributed by atoms with van der Waals surface area (Å²) in [4.78, 5) is 31.7. The zero-order valence-electron chi connectivity index (χ0n) is 19.9. The van der Waals surface area contributed by atoms with Crippen LogP contribution in [0.1, 0.15) is 49.0 Å². The van der Waals surface area contributed by atoms with Crippen LogP contribution in [-0.4, -0.2) is 68.0 Å². The molecule has 0 saturated carbocycles. The highest BCUT2D eigenvalue weighted by atomic mass is 16.5. The van der Waals surface area contributed by atoms with Gasteiger partial charge >= 0.3 is 0 Å². The molecule has 0 aliphatic carbocycles. The van der Waals surface area contributed by atoms with Gasteiger partial charge in [0.1, 0.15) is 5.75 Å². The van der Waals surface area contributed by atoms with E-state index >= 15 is 0 Å². The second-order valence-corrected chi connectivity index (χ2v) is 8.86. The molecule has 32 heavy (non-hydrogen) atoms. The first-order chi connectivity index (χ1) is 15.3. The van der Waals surface area contributed by atoms with E-state index in [0.717, 1.165) is 23.4 Å². The number of carbonyl (C=O) groups is 2. The van der Waals surface area contributed by atoms with Crippen molar-refractivity contribution in [3.8, 4) is 5.75 Å². The standard InChI is InChI=1S/C26H35N3O3/c1-19(2)23-9-6-7-10-24(23)32-20(3)25(30)28-15-8-16-29(18-17-28)26(31)21-11-13-22(14-12-21)27(4)5/h6-7,9-14,19-20H,8,15-18H2,1-5H3. The average molecular weight is 438 g/mol. The number of nitrogens with zero attached hydrogens (tertiary/aromatic N) is 3. The maximum absolute atomic E-state index is 13.1. The first-order valence-electron chi connectivity index (χ1n) is 11.4. The van der Waals surface area contributed by atoms with Crippen molar-refractivity contribution in [3.05, 3.63) is 59.7 Å². The van der Waals surface area contributed by atoms with Crippen LogP contribution < -0.4 is 9.64 Å². The molecule has 1 heterocycles. The number of benzene rings is 2. The maximum atomic E-state index is 13.1. The molecule has 172 valence electrons. The third-order valence-corrected chi connectivity index (χ3v) is 5.92. The van der Waals surface area contributed by atoms with Crippen LogP contribution in [0, 0.1) is 0 Å². The molecule has 1 atom stereocenters. The van der Waals surface area contributed by atoms with Gasteiger partial charge in [0.05, 0.1) is 0 Å². The number of ether oxygens (including phenoxy) is 1. The van der Waals surface area contributed by atoms with E-state index in [0.29, 0.717) is 37.7 Å². The van der Waals surface area contributed by atoms with Gasteiger partial charge in [0.2, 0.25) is 0 Å². The molecule has 6 nitrogen and oxygen atoms in total. The van der Waals surface area contributed by atoms with E-state index in [9.17, 15) is 9.59 Å². The Morgan fingerprint density at radius 3 is 2.16 bits per heavy atom. The minimum Gasteiger partial charge on any atom is -0.481 e. The summed E-state index contributed by atoms with van der Waals surface area (Å²) >= 11 is 0. The van der Waals surface area contributed by atoms with Gasteiger partial charge in [-0.25, -0.2) is 0 Å². The van der Waals surface area contributed by atoms with Crippen molar-refractivity contribution in [2.45, 2.75) is 39.2 Å². The molecule has 1 aliphatic rings. The molecule has 6 heteroatoms. The van der Waals surface area contributed by atoms with E-state index < -0.39 is 6.10 Å². The number of hydrogen-bond acceptors (Lipinski definition) is 4. The Bertz CT molecular complexity index is 924. The molecule has 3 rings (SSSR count). The first kappa shape index (κ1) is 23.6. The fourth-order valence-corrected chi connectivity index (χ4v) is 3.99. The second-order valence-electron chi connectivity index (χ2n) is 8.86. The quantitative estimate of drug-likeness (QED) is 0.685. The molecule has 2 aromatic rings. The van der Waals surface area contributed by atoms with Gasteiger partial charge in [-0.15, -0.1) is 0 Å². The second kappa shape index (κ2) is 10.5. The van der Waals surface area contributed by atoms with Crippen LogP contribution in [0.3, 0.4) is 0 Å². The van der Waals surface area contributed by atoms with Crippen LogP contribution in [0.25, 0.3) is 0 Å². The lowest BCUT2D eigenvalue weighted by Crippen LogP contribution is -2.43. The van der Waals surface area contributed by atoms with Gasteiger partial charge in [0.25, 0.3) is 11.8 Å². The van der Waals surface area contributed by atoms with Gasteiger partial charge in [0, 0.05) is 51.5 Å². The molecule has 1 unspecified atom stereocenters. The summed E-state index contributed by atoms with van der Waals surface area (Å²) in [5, 5.41) is 0. The molecule has 2 amide bonds. The Morgan fingerprint density at radius 1 is 0.875 bits per heavy atom. The lowest BCUT2D eigenvalue weighted by Gasteiger charge is -2.26. The van der Waals surface area contributed by atoms with E-state index in [4.69, 9.17) is 4.74 Å². The van der Waals surface area contributed by atoms with Gasteiger partial charge in [-0.3, -0.25) is 9.59 Å². The number of para-hydroxylation sites is 1. The Labute approximate surface area is 191 Å². The largest absolute Gasteiger partial charge is 0.481 e. The third kappa shape index (κ3) is 5.61. The molecule has 1 fully saturated rings. The Morgan fingerprint density at radius 2 is 1.50 bits per heavy atom. The highest BCUT2D eigenvalue weighted by Gasteiger charge is 2.27. The number of carbonyl (C=O) groups excluding carboxylic acids is 2. The van der Waals surface area contributed by atoms with Crippen molar-refractivity contribution in [2.75, 3.05) is 45.2 Å². The summed E-state index contributed by atoms with van der Waals surface area (Å²) < 4.78 is 6.06. The van der Waals surface area contributed by atoms with Gasteiger partial charge in [-0.05, 0) is 55.2 Å². The molecule has 1 aliphatic heterocycles. The SMILES string of the molecule is CC(Oc1ccccc1C(C)C)C(=O)N1CCCN(C(=O)c2ccc(N(C)C)cc2)CC1. The molecule has 0 radical (unpaired) electrons. The third-order valence-electron chi connectivity index (χ3n) is 5.92. The molecule has 0 N–H and O–H groups in total. The summed E-state index contributed by atoms with van der Waals surface area (Å²) in [6.07, 6.45) is 0.179. The van der Waals surface area contributed by atoms with Gasteiger partial charge in [-0.1, -0.05) is 32.0 Å². The van der Waals surface area contributed by atoms with E-state index in [1.807, 2.05) is 77.3 Å². The Hall–Kier alpha value is -3.02. The predicted octanol–water partition coefficient (Wildman–Crippen LogP) is 4.02. The predicted molar refractivity (Wildman–Crippen MR) is 128 cm³/mol. The number of anilines is 1. The molecule has 2 aromatic carbocycles. The highest BCUT2D eigenvalue weighted by molar-refractivity contribution is 5.94. The highest BCUT2D eigenvalue weighted by Crippen LogP contribution is 2.27. The van der Waals surface area contributed by atoms with Gasteiger partial charge in [-0.2, -0.15) is 0 Å². The van der Waals surface area contributed by atoms with Crippen LogP contribution in [0.2, 0.25) is 0 Å². The number of rotatable bonds is 6. The maximum Gasteiger partial charge on any atom is 0.263 e. The first-order valence-corrected chi connectivity index (χ1v) is 11.4. The van der Waals surface area contributed by atoms with Crippen LogP contribution in [0.5, 0.6) is 5.75 Å². The molecule has 0 bridgehead atoms. The molecule has 0 spiro atoms. The summed E-state index contributed by atoms with van der Waals surface area (Å²) in [6, 6.07) is 15.5. The molecular formula is C26H35N3O3. The van der Waals surface area contributed by atoms with Crippen LogP contribution >= 0.6 is 0 Å². The van der Waals surface area contributed by atoms with Crippen molar-refractivity contribution in [1.82, 2.24) is 9.80 Å². The minimum absolute atomic E-state index is 0.0137. The van der Waals surface area contributed by atoms with Crippen LogP contribution in [0.4, 0.5) is 5.69 Å². The zero-order chi connectivity index (χ0) is 23.3. The van der Waals surface area contributed by atoms with Crippen molar-refractivity contribution in [3.63, 3.8) is 0 Å². The fraction of sp³-hybridized carbons (Fsp3) is 0.462. The number of hydrogen-bond donors (Lipinski definition) is 0. The summed E-state index contributed by atoms with van der Waals surface area (Å²) in [5.74, 6) is 1.06. The summed E-state index contributed by atoms with van der Waals surface area (Å²) in [6.45, 7) is 8.34. The fourth-order valence-electron chi connectivity index (χ4n) is 3.99. The lowest BCUT2D eigenvalue weighted by molar-refractivity contribution is -0.137. The average Bonchev–Trinajstić information content (AvgIpc) is 3.04. The van der Waals surface area contributed by atoms with E-state index in [1.54, 1.807) is 6.92 Å². The van der Waals surface area contributed by atoms with Crippen molar-refractivity contribution in [1.29, 1.82) is 0 Å². The monoisotopic (exact) mass is 437 g/mol. The number of amides is 2. The van der Waals surface area contributed by atoms with E-state index in [-0.39, 0.29) is 11.8 Å². The Kier molecular flexibility index (Phi) is 7.78. The topological polar surface area (TPSA) is 53.1 Å². The van der Waals surface area contributed by atoms with E-state index in [2.05, 4.69) is 13.8 Å². The van der Waals surface area contributed by atoms with Gasteiger partial charge in [0.15, 0.2) is 6.10 Å². The summed E-state index contributed by atoms with van der Waals surface area (Å²) in [5.41, 5.74) is 2.83. The van der Waals surface area contributed by atoms with Crippen LogP contribution in [-0.2, 0) is 4.79 Å². The normalized spacial score (nSPS) is 15.3. The van der Waals surface area contributed by atoms with Crippen LogP contribution in [0.15, 0.2) is 48.5 Å². The van der Waals surface area contributed by atoms with Crippen molar-refractivity contribution in [2.24, 2.45) is 0 Å². The molecule has 0 aromatic heterocycles. The zero-order valence-corrected chi connectivity index (χ0v) is 19.9. The van der Waals surface area contributed by atoms with Crippen molar-refractivity contribution >= 4 is 17.5 Å². The molecular weight excluding hydrogens is 402 g/mol. The van der Waals surface area contributed by atoms with Crippen molar-refractivity contribution < 1.29 is 14.3 Å². The summed E-state index contributed by atoms with van der Waals surface area (Å²) in [7, 11) is 3.95. The molecule has 1 saturated heterocycles. The van der Waals surface area contributed by atoms with Gasteiger partial charge < -0.3 is 19.4 Å². The van der Waals surface area contributed by atoms with E-state index in [1.165, 1.54) is 0 Å².